The second-order valence-corrected chi connectivity index (χ2v) is 8.92. The van der Waals surface area contributed by atoms with E-state index < -0.39 is 16.2 Å². The minimum absolute atomic E-state index is 0.148. The monoisotopic (exact) mass is 460 g/mol. The molecular weight excluding hydrogens is 440 g/mol. The van der Waals surface area contributed by atoms with E-state index in [1.807, 2.05) is 55.5 Å². The molecule has 0 saturated heterocycles. The zero-order chi connectivity index (χ0) is 21.5. The summed E-state index contributed by atoms with van der Waals surface area (Å²) < 4.78 is 0. The molecule has 1 aliphatic carbocycles. The topological polar surface area (TPSA) is 51.2 Å². The van der Waals surface area contributed by atoms with Gasteiger partial charge >= 0.3 is 0 Å². The summed E-state index contributed by atoms with van der Waals surface area (Å²) in [7, 11) is 0. The fourth-order valence-electron chi connectivity index (χ4n) is 4.39. The zero-order valence-electron chi connectivity index (χ0n) is 16.8. The van der Waals surface area contributed by atoms with Crippen LogP contribution < -0.4 is 0 Å². The highest BCUT2D eigenvalue weighted by molar-refractivity contribution is 9.10. The van der Waals surface area contributed by atoms with Gasteiger partial charge < -0.3 is 0 Å². The Hall–Kier alpha value is -2.85. The fraction of sp³-hybridized carbons (Fsp3) is 0.192. The van der Waals surface area contributed by atoms with Crippen LogP contribution in [0, 0.1) is 12.3 Å². The molecule has 0 N–H and O–H groups in total. The number of hydrogen-bond donors (Lipinski definition) is 0. The van der Waals surface area contributed by atoms with Crippen LogP contribution in [-0.4, -0.2) is 22.2 Å². The van der Waals surface area contributed by atoms with Gasteiger partial charge in [0, 0.05) is 22.6 Å². The third kappa shape index (κ3) is 3.16. The highest BCUT2D eigenvalue weighted by Crippen LogP contribution is 2.50. The van der Waals surface area contributed by atoms with E-state index in [0.29, 0.717) is 16.7 Å². The zero-order valence-corrected chi connectivity index (χ0v) is 18.3. The molecule has 4 heteroatoms. The van der Waals surface area contributed by atoms with Crippen LogP contribution in [0.4, 0.5) is 0 Å². The van der Waals surface area contributed by atoms with Crippen LogP contribution in [0.15, 0.2) is 78.9 Å². The average Bonchev–Trinajstić information content (AvgIpc) is 2.96. The second-order valence-electron chi connectivity index (χ2n) is 7.93. The largest absolute Gasteiger partial charge is 0.293 e. The number of carbonyl (C=O) groups is 3. The van der Waals surface area contributed by atoms with Gasteiger partial charge in [0.2, 0.25) is 0 Å². The van der Waals surface area contributed by atoms with E-state index in [2.05, 4.69) is 15.9 Å². The predicted octanol–water partition coefficient (Wildman–Crippen LogP) is 5.81. The first-order chi connectivity index (χ1) is 14.4. The van der Waals surface area contributed by atoms with Gasteiger partial charge in [0.15, 0.2) is 17.3 Å². The predicted molar refractivity (Wildman–Crippen MR) is 121 cm³/mol. The molecule has 3 aromatic carbocycles. The number of carbonyl (C=O) groups excluding carboxylic acids is 3. The van der Waals surface area contributed by atoms with Gasteiger partial charge in [-0.1, -0.05) is 94.3 Å². The van der Waals surface area contributed by atoms with E-state index in [1.54, 1.807) is 37.3 Å². The molecule has 1 aliphatic rings. The smallest absolute Gasteiger partial charge is 0.177 e. The number of benzene rings is 3. The van der Waals surface area contributed by atoms with Crippen molar-refractivity contribution >= 4 is 33.3 Å². The Balaban J connectivity index is 1.85. The highest BCUT2D eigenvalue weighted by atomic mass is 79.9. The number of alkyl halides is 1. The van der Waals surface area contributed by atoms with Gasteiger partial charge in [0.25, 0.3) is 0 Å². The first-order valence-electron chi connectivity index (χ1n) is 9.84. The minimum atomic E-state index is -1.38. The number of aryl methyl sites for hydroxylation is 1. The molecule has 0 aromatic heterocycles. The van der Waals surface area contributed by atoms with E-state index in [9.17, 15) is 14.4 Å². The van der Waals surface area contributed by atoms with E-state index in [4.69, 9.17) is 0 Å². The van der Waals surface area contributed by atoms with Crippen molar-refractivity contribution < 1.29 is 14.4 Å². The molecule has 0 radical (unpaired) electrons. The normalized spacial score (nSPS) is 16.8. The Kier molecular flexibility index (Phi) is 5.29. The summed E-state index contributed by atoms with van der Waals surface area (Å²) in [6.07, 6.45) is 0. The third-order valence-electron chi connectivity index (χ3n) is 5.99. The van der Waals surface area contributed by atoms with Crippen molar-refractivity contribution in [3.8, 4) is 0 Å². The van der Waals surface area contributed by atoms with Gasteiger partial charge in [0.1, 0.15) is 5.41 Å². The van der Waals surface area contributed by atoms with Crippen molar-refractivity contribution in [2.45, 2.75) is 24.6 Å². The molecule has 150 valence electrons. The fourth-order valence-corrected chi connectivity index (χ4v) is 5.49. The molecule has 4 rings (SSSR count). The Morgan fingerprint density at radius 2 is 1.40 bits per heavy atom. The maximum atomic E-state index is 13.5. The van der Waals surface area contributed by atoms with Crippen LogP contribution >= 0.6 is 15.9 Å². The van der Waals surface area contributed by atoms with Crippen LogP contribution in [0.3, 0.4) is 0 Å². The van der Waals surface area contributed by atoms with Crippen molar-refractivity contribution in [3.63, 3.8) is 0 Å². The van der Waals surface area contributed by atoms with Gasteiger partial charge in [-0.2, -0.15) is 0 Å². The van der Waals surface area contributed by atoms with E-state index in [0.717, 1.165) is 11.1 Å². The lowest BCUT2D eigenvalue weighted by Crippen LogP contribution is -2.43. The second kappa shape index (κ2) is 7.77. The maximum Gasteiger partial charge on any atom is 0.177 e. The molecule has 0 amide bonds. The molecular formula is C26H21BrO3. The van der Waals surface area contributed by atoms with Crippen molar-refractivity contribution in [2.75, 3.05) is 0 Å². The lowest BCUT2D eigenvalue weighted by molar-refractivity contribution is 0.0671. The number of ketones is 3. The SMILES string of the molecule is Cc1cccc(C(=O)[C@@H](Br)[C@@H](c2ccccc2)C2(C)C(=O)c3ccccc3C2=O)c1. The molecule has 0 aliphatic heterocycles. The van der Waals surface area contributed by atoms with Crippen LogP contribution in [0.1, 0.15) is 55.0 Å². The van der Waals surface area contributed by atoms with Crippen LogP contribution in [0.2, 0.25) is 0 Å². The third-order valence-corrected chi connectivity index (χ3v) is 6.93. The number of fused-ring (bicyclic) bond motifs is 1. The molecule has 0 fully saturated rings. The summed E-state index contributed by atoms with van der Waals surface area (Å²) in [5, 5.41) is 0. The first-order valence-corrected chi connectivity index (χ1v) is 10.8. The molecule has 0 saturated carbocycles. The van der Waals surface area contributed by atoms with Crippen molar-refractivity contribution in [1.82, 2.24) is 0 Å². The van der Waals surface area contributed by atoms with Crippen molar-refractivity contribution in [1.29, 1.82) is 0 Å². The van der Waals surface area contributed by atoms with Gasteiger partial charge in [-0.25, -0.2) is 0 Å². The number of hydrogen-bond acceptors (Lipinski definition) is 3. The van der Waals surface area contributed by atoms with Gasteiger partial charge in [0.05, 0.1) is 4.83 Å². The molecule has 0 heterocycles. The minimum Gasteiger partial charge on any atom is -0.293 e. The van der Waals surface area contributed by atoms with Crippen LogP contribution in [-0.2, 0) is 0 Å². The lowest BCUT2D eigenvalue weighted by atomic mass is 9.67. The lowest BCUT2D eigenvalue weighted by Gasteiger charge is -2.34. The quantitative estimate of drug-likeness (QED) is 0.274. The van der Waals surface area contributed by atoms with Crippen LogP contribution in [0.5, 0.6) is 0 Å². The Labute approximate surface area is 184 Å². The Morgan fingerprint density at radius 3 is 1.97 bits per heavy atom. The van der Waals surface area contributed by atoms with Gasteiger partial charge in [-0.3, -0.25) is 14.4 Å². The Morgan fingerprint density at radius 1 is 0.833 bits per heavy atom. The van der Waals surface area contributed by atoms with Crippen LogP contribution in [0.25, 0.3) is 0 Å². The molecule has 0 spiro atoms. The van der Waals surface area contributed by atoms with E-state index in [1.165, 1.54) is 0 Å². The van der Waals surface area contributed by atoms with E-state index >= 15 is 0 Å². The molecule has 0 bridgehead atoms. The maximum absolute atomic E-state index is 13.5. The summed E-state index contributed by atoms with van der Waals surface area (Å²) in [5.41, 5.74) is 1.78. The standard InChI is InChI=1S/C26H21BrO3/c1-16-9-8-12-18(15-16)23(28)22(27)21(17-10-4-3-5-11-17)26(2)24(29)19-13-6-7-14-20(19)25(26)30/h3-15,21-22H,1-2H3/t21-,22+/m1/s1. The number of Topliss-reactive ketones (excluding diaryl/α,β-unsaturated/α-hetero) is 3. The number of rotatable bonds is 5. The summed E-state index contributed by atoms with van der Waals surface area (Å²) in [6.45, 7) is 3.60. The Bertz CT molecular complexity index is 1110. The average molecular weight is 461 g/mol. The molecule has 2 atom stereocenters. The molecule has 3 nitrogen and oxygen atoms in total. The highest BCUT2D eigenvalue weighted by Gasteiger charge is 2.57. The molecule has 3 aromatic rings. The summed E-state index contributed by atoms with van der Waals surface area (Å²) >= 11 is 3.60. The molecule has 0 unspecified atom stereocenters. The van der Waals surface area contributed by atoms with Gasteiger partial charge in [-0.05, 0) is 25.5 Å². The number of halogens is 1. The summed E-state index contributed by atoms with van der Waals surface area (Å²) in [4.78, 5) is 39.7. The van der Waals surface area contributed by atoms with E-state index in [-0.39, 0.29) is 17.3 Å². The first kappa shape index (κ1) is 20.4. The summed E-state index contributed by atoms with van der Waals surface area (Å²) in [5.74, 6) is -1.28. The van der Waals surface area contributed by atoms with Gasteiger partial charge in [-0.15, -0.1) is 0 Å². The van der Waals surface area contributed by atoms with Crippen molar-refractivity contribution in [2.24, 2.45) is 5.41 Å². The van der Waals surface area contributed by atoms with Crippen molar-refractivity contribution in [3.05, 3.63) is 107 Å². The summed E-state index contributed by atoms with van der Waals surface area (Å²) in [6, 6.07) is 23.6. The molecule has 30 heavy (non-hydrogen) atoms.